The van der Waals surface area contributed by atoms with Crippen molar-refractivity contribution in [3.63, 3.8) is 0 Å². The monoisotopic (exact) mass is 351 g/mol. The maximum Gasteiger partial charge on any atom is 0.253 e. The number of carbonyl (C=O) groups is 1. The molecule has 3 heterocycles. The summed E-state index contributed by atoms with van der Waals surface area (Å²) in [6, 6.07) is 11.4. The maximum atomic E-state index is 12.9. The molecule has 1 aromatic carbocycles. The molecule has 0 saturated carbocycles. The van der Waals surface area contributed by atoms with Crippen LogP contribution in [0.1, 0.15) is 46.6 Å². The molecule has 26 heavy (non-hydrogen) atoms. The van der Waals surface area contributed by atoms with Crippen molar-refractivity contribution in [1.29, 1.82) is 0 Å². The molecule has 0 radical (unpaired) electrons. The van der Waals surface area contributed by atoms with Gasteiger partial charge in [0.2, 0.25) is 5.89 Å². The third-order valence-electron chi connectivity index (χ3n) is 4.77. The van der Waals surface area contributed by atoms with E-state index in [4.69, 9.17) is 8.94 Å². The van der Waals surface area contributed by atoms with Crippen LogP contribution in [0, 0.1) is 13.8 Å². The molecule has 1 aliphatic heterocycles. The SMILES string of the molecule is Cc1ccc(-c2ccc(C(=O)N3CCCC(c4noc(C)n4)C3)cc2)o1. The molecule has 1 atom stereocenters. The zero-order valence-electron chi connectivity index (χ0n) is 14.9. The van der Waals surface area contributed by atoms with Crippen molar-refractivity contribution in [2.24, 2.45) is 0 Å². The van der Waals surface area contributed by atoms with Crippen LogP contribution < -0.4 is 0 Å². The Bertz CT molecular complexity index is 911. The van der Waals surface area contributed by atoms with Crippen LogP contribution in [-0.4, -0.2) is 34.0 Å². The molecule has 134 valence electrons. The van der Waals surface area contributed by atoms with Gasteiger partial charge in [0, 0.05) is 37.1 Å². The van der Waals surface area contributed by atoms with Gasteiger partial charge in [-0.15, -0.1) is 0 Å². The largest absolute Gasteiger partial charge is 0.461 e. The minimum atomic E-state index is 0.0390. The van der Waals surface area contributed by atoms with E-state index in [0.29, 0.717) is 23.8 Å². The van der Waals surface area contributed by atoms with Gasteiger partial charge in [-0.2, -0.15) is 4.98 Å². The Labute approximate surface area is 151 Å². The highest BCUT2D eigenvalue weighted by Gasteiger charge is 2.28. The number of hydrogen-bond acceptors (Lipinski definition) is 5. The van der Waals surface area contributed by atoms with Crippen molar-refractivity contribution >= 4 is 5.91 Å². The van der Waals surface area contributed by atoms with Crippen LogP contribution in [-0.2, 0) is 0 Å². The molecular formula is C20H21N3O3. The Hall–Kier alpha value is -2.89. The molecule has 2 aromatic heterocycles. The van der Waals surface area contributed by atoms with Crippen LogP contribution in [0.15, 0.2) is 45.3 Å². The number of piperidine rings is 1. The zero-order valence-corrected chi connectivity index (χ0v) is 14.9. The van der Waals surface area contributed by atoms with E-state index >= 15 is 0 Å². The third-order valence-corrected chi connectivity index (χ3v) is 4.77. The van der Waals surface area contributed by atoms with Gasteiger partial charge in [-0.1, -0.05) is 17.3 Å². The van der Waals surface area contributed by atoms with Gasteiger partial charge in [0.15, 0.2) is 5.82 Å². The summed E-state index contributed by atoms with van der Waals surface area (Å²) in [5.74, 6) is 3.12. The van der Waals surface area contributed by atoms with E-state index in [1.54, 1.807) is 6.92 Å². The minimum absolute atomic E-state index is 0.0390. The quantitative estimate of drug-likeness (QED) is 0.714. The third kappa shape index (κ3) is 3.27. The van der Waals surface area contributed by atoms with E-state index in [9.17, 15) is 4.79 Å². The zero-order chi connectivity index (χ0) is 18.1. The number of nitrogens with zero attached hydrogens (tertiary/aromatic N) is 3. The first-order valence-corrected chi connectivity index (χ1v) is 8.86. The van der Waals surface area contributed by atoms with Gasteiger partial charge >= 0.3 is 0 Å². The molecule has 6 nitrogen and oxygen atoms in total. The lowest BCUT2D eigenvalue weighted by Crippen LogP contribution is -2.39. The number of aryl methyl sites for hydroxylation is 2. The van der Waals surface area contributed by atoms with E-state index < -0.39 is 0 Å². The summed E-state index contributed by atoms with van der Waals surface area (Å²) in [4.78, 5) is 19.1. The first-order valence-electron chi connectivity index (χ1n) is 8.86. The van der Waals surface area contributed by atoms with Gasteiger partial charge in [0.1, 0.15) is 11.5 Å². The summed E-state index contributed by atoms with van der Waals surface area (Å²) >= 11 is 0. The molecular weight excluding hydrogens is 330 g/mol. The highest BCUT2D eigenvalue weighted by molar-refractivity contribution is 5.94. The Balaban J connectivity index is 1.48. The number of rotatable bonds is 3. The topological polar surface area (TPSA) is 72.4 Å². The van der Waals surface area contributed by atoms with Crippen molar-refractivity contribution in [3.05, 3.63) is 59.4 Å². The van der Waals surface area contributed by atoms with Crippen LogP contribution >= 0.6 is 0 Å². The maximum absolute atomic E-state index is 12.9. The van der Waals surface area contributed by atoms with Crippen molar-refractivity contribution in [2.75, 3.05) is 13.1 Å². The average molecular weight is 351 g/mol. The predicted molar refractivity (Wildman–Crippen MR) is 95.8 cm³/mol. The van der Waals surface area contributed by atoms with Crippen LogP contribution in [0.5, 0.6) is 0 Å². The number of amides is 1. The van der Waals surface area contributed by atoms with Crippen molar-refractivity contribution < 1.29 is 13.7 Å². The Morgan fingerprint density at radius 2 is 1.96 bits per heavy atom. The van der Waals surface area contributed by atoms with Crippen molar-refractivity contribution in [1.82, 2.24) is 15.0 Å². The van der Waals surface area contributed by atoms with Crippen LogP contribution in [0.2, 0.25) is 0 Å². The normalized spacial score (nSPS) is 17.5. The first kappa shape index (κ1) is 16.6. The first-order chi connectivity index (χ1) is 12.6. The molecule has 1 saturated heterocycles. The van der Waals surface area contributed by atoms with Gasteiger partial charge in [-0.05, 0) is 44.0 Å². The average Bonchev–Trinajstić information content (AvgIpc) is 3.30. The van der Waals surface area contributed by atoms with Gasteiger partial charge in [-0.3, -0.25) is 4.79 Å². The number of aromatic nitrogens is 2. The Kier molecular flexibility index (Phi) is 4.32. The second kappa shape index (κ2) is 6.78. The van der Waals surface area contributed by atoms with Crippen molar-refractivity contribution in [2.45, 2.75) is 32.6 Å². The van der Waals surface area contributed by atoms with E-state index in [0.717, 1.165) is 36.5 Å². The van der Waals surface area contributed by atoms with Gasteiger partial charge < -0.3 is 13.8 Å². The number of furan rings is 1. The van der Waals surface area contributed by atoms with E-state index in [-0.39, 0.29) is 11.8 Å². The number of carbonyl (C=O) groups excluding carboxylic acids is 1. The molecule has 1 unspecified atom stereocenters. The summed E-state index contributed by atoms with van der Waals surface area (Å²) in [5, 5.41) is 4.02. The molecule has 4 rings (SSSR count). The predicted octanol–water partition coefficient (Wildman–Crippen LogP) is 3.97. The molecule has 1 amide bonds. The molecule has 0 N–H and O–H groups in total. The molecule has 3 aromatic rings. The van der Waals surface area contributed by atoms with E-state index in [2.05, 4.69) is 10.1 Å². The van der Waals surface area contributed by atoms with Gasteiger partial charge in [0.25, 0.3) is 5.91 Å². The number of likely N-dealkylation sites (tertiary alicyclic amines) is 1. The highest BCUT2D eigenvalue weighted by atomic mass is 16.5. The highest BCUT2D eigenvalue weighted by Crippen LogP contribution is 2.27. The van der Waals surface area contributed by atoms with E-state index in [1.165, 1.54) is 0 Å². The summed E-state index contributed by atoms with van der Waals surface area (Å²) in [7, 11) is 0. The summed E-state index contributed by atoms with van der Waals surface area (Å²) in [6.07, 6.45) is 1.91. The second-order valence-electron chi connectivity index (χ2n) is 6.75. The van der Waals surface area contributed by atoms with Crippen LogP contribution in [0.25, 0.3) is 11.3 Å². The van der Waals surface area contributed by atoms with Crippen LogP contribution in [0.3, 0.4) is 0 Å². The standard InChI is InChI=1S/C20H21N3O3/c1-13-5-10-18(25-13)15-6-8-16(9-7-15)20(24)23-11-3-4-17(12-23)19-21-14(2)26-22-19/h5-10,17H,3-4,11-12H2,1-2H3. The Morgan fingerprint density at radius 3 is 2.62 bits per heavy atom. The lowest BCUT2D eigenvalue weighted by atomic mass is 9.96. The van der Waals surface area contributed by atoms with Gasteiger partial charge in [-0.25, -0.2) is 0 Å². The number of benzene rings is 1. The summed E-state index contributed by atoms with van der Waals surface area (Å²) < 4.78 is 10.7. The fraction of sp³-hybridized carbons (Fsp3) is 0.350. The number of hydrogen-bond donors (Lipinski definition) is 0. The molecule has 0 aliphatic carbocycles. The molecule has 1 fully saturated rings. The fourth-order valence-electron chi connectivity index (χ4n) is 3.40. The molecule has 6 heteroatoms. The van der Waals surface area contributed by atoms with Crippen molar-refractivity contribution in [3.8, 4) is 11.3 Å². The smallest absolute Gasteiger partial charge is 0.253 e. The molecule has 0 bridgehead atoms. The second-order valence-corrected chi connectivity index (χ2v) is 6.75. The summed E-state index contributed by atoms with van der Waals surface area (Å²) in [6.45, 7) is 5.08. The Morgan fingerprint density at radius 1 is 1.15 bits per heavy atom. The summed E-state index contributed by atoms with van der Waals surface area (Å²) in [5.41, 5.74) is 1.65. The lowest BCUT2D eigenvalue weighted by molar-refractivity contribution is 0.0703. The molecule has 1 aliphatic rings. The van der Waals surface area contributed by atoms with Gasteiger partial charge in [0.05, 0.1) is 0 Å². The van der Waals surface area contributed by atoms with E-state index in [1.807, 2.05) is 48.2 Å². The molecule has 0 spiro atoms. The lowest BCUT2D eigenvalue weighted by Gasteiger charge is -2.31. The fourth-order valence-corrected chi connectivity index (χ4v) is 3.40. The van der Waals surface area contributed by atoms with Crippen LogP contribution in [0.4, 0.5) is 0 Å². The minimum Gasteiger partial charge on any atom is -0.461 e.